The number of hydrogen-bond acceptors (Lipinski definition) is 2. The predicted octanol–water partition coefficient (Wildman–Crippen LogP) is 3.15. The molecule has 1 aliphatic carbocycles. The second-order valence-electron chi connectivity index (χ2n) is 7.34. The highest BCUT2D eigenvalue weighted by Crippen LogP contribution is 2.41. The number of benzene rings is 1. The van der Waals surface area contributed by atoms with Crippen molar-refractivity contribution in [1.82, 2.24) is 15.1 Å². The molecule has 6 heteroatoms. The first-order valence-corrected chi connectivity index (χ1v) is 9.03. The number of guanidine groups is 1. The van der Waals surface area contributed by atoms with E-state index < -0.39 is 0 Å². The number of aliphatic imine (C=N–C) groups is 1. The average molecular weight is 460 g/mol. The largest absolute Gasteiger partial charge is 0.353 e. The van der Waals surface area contributed by atoms with Crippen LogP contribution in [0.4, 0.5) is 4.39 Å². The number of rotatable bonds is 4. The average Bonchev–Trinajstić information content (AvgIpc) is 3.32. The number of piperazine rings is 1. The van der Waals surface area contributed by atoms with Crippen LogP contribution in [0.2, 0.25) is 0 Å². The molecule has 2 unspecified atom stereocenters. The molecule has 0 amide bonds. The van der Waals surface area contributed by atoms with Crippen molar-refractivity contribution in [3.8, 4) is 0 Å². The molecule has 0 radical (unpaired) electrons. The lowest BCUT2D eigenvalue weighted by atomic mass is 10.1. The summed E-state index contributed by atoms with van der Waals surface area (Å²) in [4.78, 5) is 9.30. The number of nitrogens with one attached hydrogen (secondary N) is 1. The van der Waals surface area contributed by atoms with Gasteiger partial charge in [0.05, 0.1) is 0 Å². The summed E-state index contributed by atoms with van der Waals surface area (Å²) >= 11 is 0. The number of hydrogen-bond donors (Lipinski definition) is 1. The van der Waals surface area contributed by atoms with Gasteiger partial charge >= 0.3 is 0 Å². The van der Waals surface area contributed by atoms with E-state index in [1.807, 2.05) is 19.2 Å². The highest BCUT2D eigenvalue weighted by Gasteiger charge is 2.41. The summed E-state index contributed by atoms with van der Waals surface area (Å²) in [6.45, 7) is 9.87. The Bertz CT molecular complexity index is 585. The van der Waals surface area contributed by atoms with E-state index in [0.717, 1.165) is 50.7 Å². The van der Waals surface area contributed by atoms with E-state index in [1.54, 1.807) is 12.1 Å². The lowest BCUT2D eigenvalue weighted by Crippen LogP contribution is -2.53. The maximum Gasteiger partial charge on any atom is 0.193 e. The van der Waals surface area contributed by atoms with Crippen molar-refractivity contribution in [3.63, 3.8) is 0 Å². The Morgan fingerprint density at radius 2 is 1.92 bits per heavy atom. The Balaban J connectivity index is 0.00000225. The van der Waals surface area contributed by atoms with Gasteiger partial charge in [0.15, 0.2) is 5.96 Å². The van der Waals surface area contributed by atoms with Gasteiger partial charge in [-0.25, -0.2) is 4.39 Å². The van der Waals surface area contributed by atoms with Gasteiger partial charge in [0, 0.05) is 51.7 Å². The van der Waals surface area contributed by atoms with Gasteiger partial charge in [-0.2, -0.15) is 0 Å². The van der Waals surface area contributed by atoms with E-state index >= 15 is 0 Å². The lowest BCUT2D eigenvalue weighted by Gasteiger charge is -2.37. The molecule has 1 aromatic carbocycles. The van der Waals surface area contributed by atoms with Gasteiger partial charge in [-0.3, -0.25) is 9.89 Å². The molecule has 140 valence electrons. The third kappa shape index (κ3) is 5.29. The zero-order valence-electron chi connectivity index (χ0n) is 15.4. The third-order valence-electron chi connectivity index (χ3n) is 4.92. The molecule has 1 aliphatic heterocycles. The van der Waals surface area contributed by atoms with Gasteiger partial charge in [0.2, 0.25) is 0 Å². The maximum absolute atomic E-state index is 13.9. The highest BCUT2D eigenvalue weighted by atomic mass is 127. The van der Waals surface area contributed by atoms with Crippen molar-refractivity contribution in [1.29, 1.82) is 0 Å². The van der Waals surface area contributed by atoms with E-state index in [0.29, 0.717) is 12.0 Å². The van der Waals surface area contributed by atoms with Crippen LogP contribution in [0.5, 0.6) is 0 Å². The molecule has 1 aromatic rings. The zero-order valence-corrected chi connectivity index (χ0v) is 17.7. The standard InChI is InChI=1S/C19H29FN4.HI/c1-14(2)13-23-8-10-24(11-9-23)19(21-3)22-18-12-16(18)15-6-4-5-7-17(15)20;/h4-7,14,16,18H,8-13H2,1-3H3,(H,21,22);1H. The topological polar surface area (TPSA) is 30.9 Å². The number of nitrogens with zero attached hydrogens (tertiary/aromatic N) is 3. The number of halogens is 2. The quantitative estimate of drug-likeness (QED) is 0.426. The summed E-state index contributed by atoms with van der Waals surface area (Å²) in [5.74, 6) is 1.85. The van der Waals surface area contributed by atoms with E-state index in [2.05, 4.69) is 34.0 Å². The van der Waals surface area contributed by atoms with Crippen molar-refractivity contribution in [3.05, 3.63) is 35.6 Å². The molecule has 1 saturated carbocycles. The molecule has 0 bridgehead atoms. The van der Waals surface area contributed by atoms with Gasteiger partial charge in [0.1, 0.15) is 5.82 Å². The normalized spacial score (nSPS) is 24.2. The summed E-state index contributed by atoms with van der Waals surface area (Å²) in [6, 6.07) is 7.41. The monoisotopic (exact) mass is 460 g/mol. The van der Waals surface area contributed by atoms with Crippen LogP contribution in [0.3, 0.4) is 0 Å². The second kappa shape index (κ2) is 9.16. The van der Waals surface area contributed by atoms with E-state index in [4.69, 9.17) is 0 Å². The summed E-state index contributed by atoms with van der Waals surface area (Å²) in [6.07, 6.45) is 0.979. The minimum absolute atomic E-state index is 0. The molecule has 0 spiro atoms. The first-order valence-electron chi connectivity index (χ1n) is 9.03. The summed E-state index contributed by atoms with van der Waals surface area (Å²) in [5, 5.41) is 3.53. The van der Waals surface area contributed by atoms with Gasteiger partial charge in [0.25, 0.3) is 0 Å². The van der Waals surface area contributed by atoms with Crippen LogP contribution >= 0.6 is 24.0 Å². The molecule has 2 atom stereocenters. The van der Waals surface area contributed by atoms with Crippen molar-refractivity contribution >= 4 is 29.9 Å². The Labute approximate surface area is 167 Å². The minimum atomic E-state index is -0.0934. The van der Waals surface area contributed by atoms with Crippen molar-refractivity contribution in [2.75, 3.05) is 39.8 Å². The molecule has 25 heavy (non-hydrogen) atoms. The van der Waals surface area contributed by atoms with E-state index in [9.17, 15) is 4.39 Å². The van der Waals surface area contributed by atoms with Crippen molar-refractivity contribution in [2.24, 2.45) is 10.9 Å². The molecule has 3 rings (SSSR count). The van der Waals surface area contributed by atoms with Gasteiger partial charge < -0.3 is 10.2 Å². The van der Waals surface area contributed by atoms with Gasteiger partial charge in [-0.15, -0.1) is 24.0 Å². The maximum atomic E-state index is 13.9. The van der Waals surface area contributed by atoms with Crippen LogP contribution < -0.4 is 5.32 Å². The summed E-state index contributed by atoms with van der Waals surface area (Å²) < 4.78 is 13.9. The molecule has 0 aromatic heterocycles. The van der Waals surface area contributed by atoms with E-state index in [-0.39, 0.29) is 35.7 Å². The Morgan fingerprint density at radius 1 is 1.24 bits per heavy atom. The van der Waals surface area contributed by atoms with Gasteiger partial charge in [-0.05, 0) is 24.0 Å². The van der Waals surface area contributed by atoms with Crippen LogP contribution in [0.1, 0.15) is 31.7 Å². The second-order valence-corrected chi connectivity index (χ2v) is 7.34. The zero-order chi connectivity index (χ0) is 17.1. The van der Waals surface area contributed by atoms with Crippen molar-refractivity contribution in [2.45, 2.75) is 32.2 Å². The fourth-order valence-electron chi connectivity index (χ4n) is 3.60. The van der Waals surface area contributed by atoms with E-state index in [1.165, 1.54) is 0 Å². The first-order chi connectivity index (χ1) is 11.6. The minimum Gasteiger partial charge on any atom is -0.353 e. The van der Waals surface area contributed by atoms with Crippen LogP contribution in [-0.2, 0) is 0 Å². The fraction of sp³-hybridized carbons (Fsp3) is 0.632. The van der Waals surface area contributed by atoms with Crippen LogP contribution in [0.15, 0.2) is 29.3 Å². The molecule has 1 N–H and O–H groups in total. The molecular formula is C19H30FIN4. The van der Waals surface area contributed by atoms with Crippen LogP contribution in [-0.4, -0.2) is 61.6 Å². The molecule has 1 heterocycles. The molecule has 2 fully saturated rings. The Morgan fingerprint density at radius 3 is 2.52 bits per heavy atom. The molecule has 1 saturated heterocycles. The highest BCUT2D eigenvalue weighted by molar-refractivity contribution is 14.0. The third-order valence-corrected chi connectivity index (χ3v) is 4.92. The Kier molecular flexibility index (Phi) is 7.49. The first kappa shape index (κ1) is 20.4. The molecule has 2 aliphatic rings. The predicted molar refractivity (Wildman–Crippen MR) is 112 cm³/mol. The molecule has 4 nitrogen and oxygen atoms in total. The van der Waals surface area contributed by atoms with Crippen LogP contribution in [0.25, 0.3) is 0 Å². The van der Waals surface area contributed by atoms with Gasteiger partial charge in [-0.1, -0.05) is 32.0 Å². The van der Waals surface area contributed by atoms with Crippen molar-refractivity contribution < 1.29 is 4.39 Å². The Hall–Kier alpha value is -0.890. The SMILES string of the molecule is CN=C(NC1CC1c1ccccc1F)N1CCN(CC(C)C)CC1.I. The lowest BCUT2D eigenvalue weighted by molar-refractivity contribution is 0.164. The molecular weight excluding hydrogens is 430 g/mol. The fourth-order valence-corrected chi connectivity index (χ4v) is 3.60. The smallest absolute Gasteiger partial charge is 0.193 e. The van der Waals surface area contributed by atoms with Crippen LogP contribution in [0, 0.1) is 11.7 Å². The summed E-state index contributed by atoms with van der Waals surface area (Å²) in [7, 11) is 1.84. The summed E-state index contributed by atoms with van der Waals surface area (Å²) in [5.41, 5.74) is 0.826.